The summed E-state index contributed by atoms with van der Waals surface area (Å²) in [6, 6.07) is 0.630. The number of hydrogen-bond acceptors (Lipinski definition) is 3. The summed E-state index contributed by atoms with van der Waals surface area (Å²) in [5.74, 6) is 0. The smallest absolute Gasteiger partial charge is 0.0445 e. The Bertz CT molecular complexity index is 272. The molecule has 1 atom stereocenters. The third kappa shape index (κ3) is 5.22. The van der Waals surface area contributed by atoms with Gasteiger partial charge in [-0.2, -0.15) is 0 Å². The van der Waals surface area contributed by atoms with Gasteiger partial charge in [0.05, 0.1) is 0 Å². The van der Waals surface area contributed by atoms with Crippen LogP contribution in [0.3, 0.4) is 0 Å². The lowest BCUT2D eigenvalue weighted by atomic mass is 9.78. The Labute approximate surface area is 131 Å². The first-order chi connectivity index (χ1) is 10.3. The summed E-state index contributed by atoms with van der Waals surface area (Å²) in [5, 5.41) is 13.0. The van der Waals surface area contributed by atoms with Crippen molar-refractivity contribution in [3.05, 3.63) is 0 Å². The summed E-state index contributed by atoms with van der Waals surface area (Å²) < 4.78 is 0. The minimum atomic E-state index is 0.349. The normalized spacial score (nSPS) is 27.4. The second-order valence-electron chi connectivity index (χ2n) is 7.33. The standard InChI is InChI=1S/C18H36N2O/c1-2-19-15-18(11-6-3-4-7-12-18)16-20-13-8-5-9-17(20)10-14-21/h17,19,21H,2-16H2,1H3. The van der Waals surface area contributed by atoms with Crippen LogP contribution in [0.2, 0.25) is 0 Å². The molecule has 1 saturated heterocycles. The Morgan fingerprint density at radius 3 is 2.52 bits per heavy atom. The lowest BCUT2D eigenvalue weighted by Crippen LogP contribution is -2.49. The Kier molecular flexibility index (Phi) is 7.48. The number of rotatable bonds is 7. The van der Waals surface area contributed by atoms with Gasteiger partial charge in [-0.15, -0.1) is 0 Å². The molecule has 1 aliphatic carbocycles. The third-order valence-corrected chi connectivity index (χ3v) is 5.66. The summed E-state index contributed by atoms with van der Waals surface area (Å²) in [6.45, 7) is 7.35. The average Bonchev–Trinajstić information content (AvgIpc) is 2.74. The summed E-state index contributed by atoms with van der Waals surface area (Å²) >= 11 is 0. The molecule has 1 unspecified atom stereocenters. The molecule has 0 aromatic rings. The highest BCUT2D eigenvalue weighted by Gasteiger charge is 2.35. The van der Waals surface area contributed by atoms with Crippen LogP contribution in [0.15, 0.2) is 0 Å². The summed E-state index contributed by atoms with van der Waals surface area (Å²) in [4.78, 5) is 2.72. The van der Waals surface area contributed by atoms with Gasteiger partial charge in [-0.05, 0) is 50.6 Å². The lowest BCUT2D eigenvalue weighted by molar-refractivity contribution is 0.0568. The first-order valence-corrected chi connectivity index (χ1v) is 9.35. The van der Waals surface area contributed by atoms with E-state index in [2.05, 4.69) is 17.1 Å². The first kappa shape index (κ1) is 17.2. The van der Waals surface area contributed by atoms with Gasteiger partial charge in [0.1, 0.15) is 0 Å². The highest BCUT2D eigenvalue weighted by molar-refractivity contribution is 4.90. The van der Waals surface area contributed by atoms with E-state index in [1.54, 1.807) is 0 Å². The van der Waals surface area contributed by atoms with Crippen molar-refractivity contribution in [3.8, 4) is 0 Å². The van der Waals surface area contributed by atoms with Crippen LogP contribution < -0.4 is 5.32 Å². The predicted molar refractivity (Wildman–Crippen MR) is 89.6 cm³/mol. The molecule has 21 heavy (non-hydrogen) atoms. The number of likely N-dealkylation sites (tertiary alicyclic amines) is 1. The second kappa shape index (κ2) is 9.12. The van der Waals surface area contributed by atoms with Crippen LogP contribution in [-0.4, -0.2) is 48.8 Å². The molecule has 0 spiro atoms. The van der Waals surface area contributed by atoms with Crippen LogP contribution in [-0.2, 0) is 0 Å². The highest BCUT2D eigenvalue weighted by atomic mass is 16.3. The maximum Gasteiger partial charge on any atom is 0.0445 e. The monoisotopic (exact) mass is 296 g/mol. The van der Waals surface area contributed by atoms with Gasteiger partial charge in [-0.3, -0.25) is 4.90 Å². The van der Waals surface area contributed by atoms with Crippen molar-refractivity contribution in [1.82, 2.24) is 10.2 Å². The molecule has 2 N–H and O–H groups in total. The molecule has 2 aliphatic rings. The predicted octanol–water partition coefficient (Wildman–Crippen LogP) is 3.17. The second-order valence-corrected chi connectivity index (χ2v) is 7.33. The van der Waals surface area contributed by atoms with E-state index in [0.717, 1.165) is 13.0 Å². The number of hydrogen-bond donors (Lipinski definition) is 2. The molecule has 1 saturated carbocycles. The number of aliphatic hydroxyl groups excluding tert-OH is 1. The van der Waals surface area contributed by atoms with E-state index in [1.807, 2.05) is 0 Å². The van der Waals surface area contributed by atoms with Crippen LogP contribution in [0.1, 0.15) is 71.1 Å². The first-order valence-electron chi connectivity index (χ1n) is 9.35. The molecule has 0 aromatic heterocycles. The van der Waals surface area contributed by atoms with Crippen LogP contribution in [0.4, 0.5) is 0 Å². The molecule has 124 valence electrons. The molecule has 3 nitrogen and oxygen atoms in total. The van der Waals surface area contributed by atoms with Gasteiger partial charge in [-0.25, -0.2) is 0 Å². The van der Waals surface area contributed by atoms with Crippen molar-refractivity contribution in [2.45, 2.75) is 77.2 Å². The van der Waals surface area contributed by atoms with E-state index in [9.17, 15) is 5.11 Å². The molecule has 1 heterocycles. The quantitative estimate of drug-likeness (QED) is 0.708. The SMILES string of the molecule is CCNCC1(CN2CCCCC2CCO)CCCCCC1. The fourth-order valence-electron chi connectivity index (χ4n) is 4.43. The van der Waals surface area contributed by atoms with Crippen molar-refractivity contribution in [2.75, 3.05) is 32.8 Å². The molecule has 0 bridgehead atoms. The molecule has 2 fully saturated rings. The van der Waals surface area contributed by atoms with Crippen molar-refractivity contribution in [1.29, 1.82) is 0 Å². The Hall–Kier alpha value is -0.120. The minimum absolute atomic E-state index is 0.349. The Morgan fingerprint density at radius 1 is 1.10 bits per heavy atom. The maximum absolute atomic E-state index is 9.35. The van der Waals surface area contributed by atoms with Gasteiger partial charge >= 0.3 is 0 Å². The van der Waals surface area contributed by atoms with E-state index < -0.39 is 0 Å². The summed E-state index contributed by atoms with van der Waals surface area (Å²) in [7, 11) is 0. The van der Waals surface area contributed by atoms with E-state index in [0.29, 0.717) is 18.1 Å². The zero-order valence-electron chi connectivity index (χ0n) is 14.1. The van der Waals surface area contributed by atoms with Gasteiger partial charge in [0.2, 0.25) is 0 Å². The maximum atomic E-state index is 9.35. The van der Waals surface area contributed by atoms with Gasteiger partial charge in [-0.1, -0.05) is 39.0 Å². The molecule has 0 radical (unpaired) electrons. The minimum Gasteiger partial charge on any atom is -0.396 e. The van der Waals surface area contributed by atoms with Crippen molar-refractivity contribution >= 4 is 0 Å². The van der Waals surface area contributed by atoms with E-state index in [4.69, 9.17) is 0 Å². The van der Waals surface area contributed by atoms with Crippen molar-refractivity contribution < 1.29 is 5.11 Å². The largest absolute Gasteiger partial charge is 0.396 e. The fraction of sp³-hybridized carbons (Fsp3) is 1.00. The van der Waals surface area contributed by atoms with Crippen molar-refractivity contribution in [2.24, 2.45) is 5.41 Å². The van der Waals surface area contributed by atoms with Crippen LogP contribution in [0, 0.1) is 5.41 Å². The highest BCUT2D eigenvalue weighted by Crippen LogP contribution is 2.37. The Balaban J connectivity index is 2.01. The van der Waals surface area contributed by atoms with Crippen LogP contribution in [0.5, 0.6) is 0 Å². The average molecular weight is 296 g/mol. The van der Waals surface area contributed by atoms with Crippen LogP contribution >= 0.6 is 0 Å². The van der Waals surface area contributed by atoms with Gasteiger partial charge in [0.15, 0.2) is 0 Å². The van der Waals surface area contributed by atoms with Gasteiger partial charge in [0, 0.05) is 25.7 Å². The molecular formula is C18H36N2O. The number of nitrogens with zero attached hydrogens (tertiary/aromatic N) is 1. The third-order valence-electron chi connectivity index (χ3n) is 5.66. The number of piperidine rings is 1. The molecule has 3 heteroatoms. The summed E-state index contributed by atoms with van der Waals surface area (Å²) in [5.41, 5.74) is 0.484. The molecular weight excluding hydrogens is 260 g/mol. The molecule has 0 aromatic carbocycles. The van der Waals surface area contributed by atoms with Crippen LogP contribution in [0.25, 0.3) is 0 Å². The fourth-order valence-corrected chi connectivity index (χ4v) is 4.43. The summed E-state index contributed by atoms with van der Waals surface area (Å²) in [6.07, 6.45) is 13.4. The van der Waals surface area contributed by atoms with E-state index in [-0.39, 0.29) is 0 Å². The van der Waals surface area contributed by atoms with E-state index >= 15 is 0 Å². The molecule has 2 rings (SSSR count). The van der Waals surface area contributed by atoms with E-state index in [1.165, 1.54) is 77.4 Å². The van der Waals surface area contributed by atoms with Gasteiger partial charge in [0.25, 0.3) is 0 Å². The van der Waals surface area contributed by atoms with Crippen molar-refractivity contribution in [3.63, 3.8) is 0 Å². The Morgan fingerprint density at radius 2 is 1.86 bits per heavy atom. The van der Waals surface area contributed by atoms with Gasteiger partial charge < -0.3 is 10.4 Å². The molecule has 0 amide bonds. The lowest BCUT2D eigenvalue weighted by Gasteiger charge is -2.43. The number of nitrogens with one attached hydrogen (secondary N) is 1. The zero-order chi connectivity index (χ0) is 15.0. The zero-order valence-corrected chi connectivity index (χ0v) is 14.1. The molecule has 1 aliphatic heterocycles. The topological polar surface area (TPSA) is 35.5 Å². The number of aliphatic hydroxyl groups is 1.